The third kappa shape index (κ3) is 2.61. The number of phenolic OH excluding ortho intramolecular Hbond substituents is 2. The van der Waals surface area contributed by atoms with Gasteiger partial charge in [0.25, 0.3) is 0 Å². The van der Waals surface area contributed by atoms with Gasteiger partial charge >= 0.3 is 5.97 Å². The Bertz CT molecular complexity index is 851. The molecule has 0 aliphatic rings. The Hall–Kier alpha value is -2.95. The average Bonchev–Trinajstić information content (AvgIpc) is 2.77. The normalized spacial score (nSPS) is 10.8. The Morgan fingerprint density at radius 2 is 1.95 bits per heavy atom. The number of hydrogen-bond donors (Lipinski definition) is 2. The van der Waals surface area contributed by atoms with Crippen molar-refractivity contribution in [3.05, 3.63) is 54.2 Å². The fourth-order valence-corrected chi connectivity index (χ4v) is 2.52. The highest BCUT2D eigenvalue weighted by molar-refractivity contribution is 5.93. The molecule has 5 heteroatoms. The van der Waals surface area contributed by atoms with Crippen LogP contribution < -0.4 is 4.74 Å². The monoisotopic (exact) mass is 297 g/mol. The summed E-state index contributed by atoms with van der Waals surface area (Å²) in [6, 6.07) is 11.9. The first-order valence-electron chi connectivity index (χ1n) is 6.82. The van der Waals surface area contributed by atoms with Gasteiger partial charge in [0.1, 0.15) is 11.5 Å². The second kappa shape index (κ2) is 5.44. The van der Waals surface area contributed by atoms with Crippen LogP contribution in [0.3, 0.4) is 0 Å². The minimum Gasteiger partial charge on any atom is -0.508 e. The third-order valence-corrected chi connectivity index (χ3v) is 3.36. The van der Waals surface area contributed by atoms with E-state index in [0.717, 1.165) is 5.56 Å². The summed E-state index contributed by atoms with van der Waals surface area (Å²) in [4.78, 5) is 11.2. The number of esters is 1. The summed E-state index contributed by atoms with van der Waals surface area (Å²) in [7, 11) is 0. The van der Waals surface area contributed by atoms with E-state index >= 15 is 0 Å². The number of rotatable bonds is 3. The largest absolute Gasteiger partial charge is 0.508 e. The number of para-hydroxylation sites is 1. The zero-order valence-electron chi connectivity index (χ0n) is 12.0. The van der Waals surface area contributed by atoms with Crippen molar-refractivity contribution in [2.24, 2.45) is 0 Å². The van der Waals surface area contributed by atoms with Gasteiger partial charge in [-0.25, -0.2) is 0 Å². The molecule has 3 aromatic rings. The number of carbonyl (C=O) groups excluding carboxylic acids is 1. The Morgan fingerprint density at radius 1 is 1.18 bits per heavy atom. The summed E-state index contributed by atoms with van der Waals surface area (Å²) in [5, 5.41) is 20.3. The predicted molar refractivity (Wildman–Crippen MR) is 82.1 cm³/mol. The van der Waals surface area contributed by atoms with E-state index in [0.29, 0.717) is 23.2 Å². The van der Waals surface area contributed by atoms with Crippen LogP contribution in [0.5, 0.6) is 17.2 Å². The van der Waals surface area contributed by atoms with Crippen molar-refractivity contribution in [2.75, 3.05) is 0 Å². The fraction of sp³-hybridized carbons (Fsp3) is 0.118. The van der Waals surface area contributed by atoms with Crippen LogP contribution in [-0.4, -0.2) is 20.7 Å². The molecular weight excluding hydrogens is 282 g/mol. The Morgan fingerprint density at radius 3 is 2.68 bits per heavy atom. The molecule has 0 radical (unpaired) electrons. The predicted octanol–water partition coefficient (Wildman–Crippen LogP) is 3.03. The van der Waals surface area contributed by atoms with Crippen molar-refractivity contribution in [1.29, 1.82) is 0 Å². The number of nitrogens with zero attached hydrogens (tertiary/aromatic N) is 1. The number of carbonyl (C=O) groups is 1. The SMILES string of the molecule is CC(=O)Oc1cn(Cc2cccc(O)c2)c2c(O)cccc12. The lowest BCUT2D eigenvalue weighted by Gasteiger charge is -2.07. The lowest BCUT2D eigenvalue weighted by molar-refractivity contribution is -0.131. The van der Waals surface area contributed by atoms with E-state index in [2.05, 4.69) is 0 Å². The standard InChI is InChI=1S/C17H15NO4/c1-11(19)22-16-10-18(9-12-4-2-5-13(20)8-12)17-14(16)6-3-7-15(17)21/h2-8,10,20-21H,9H2,1H3. The molecule has 0 atom stereocenters. The van der Waals surface area contributed by atoms with Crippen LogP contribution in [0.4, 0.5) is 0 Å². The molecule has 0 bridgehead atoms. The summed E-state index contributed by atoms with van der Waals surface area (Å²) in [5.41, 5.74) is 1.46. The van der Waals surface area contributed by atoms with E-state index in [1.54, 1.807) is 47.2 Å². The maximum Gasteiger partial charge on any atom is 0.308 e. The smallest absolute Gasteiger partial charge is 0.308 e. The van der Waals surface area contributed by atoms with Crippen LogP contribution in [0, 0.1) is 0 Å². The fourth-order valence-electron chi connectivity index (χ4n) is 2.52. The van der Waals surface area contributed by atoms with Crippen LogP contribution in [0.2, 0.25) is 0 Å². The zero-order valence-corrected chi connectivity index (χ0v) is 12.0. The minimum absolute atomic E-state index is 0.107. The van der Waals surface area contributed by atoms with E-state index in [1.165, 1.54) is 6.92 Å². The highest BCUT2D eigenvalue weighted by atomic mass is 16.5. The maximum atomic E-state index is 11.2. The van der Waals surface area contributed by atoms with Gasteiger partial charge in [-0.15, -0.1) is 0 Å². The second-order valence-electron chi connectivity index (χ2n) is 5.06. The van der Waals surface area contributed by atoms with Gasteiger partial charge in [-0.05, 0) is 29.8 Å². The number of aromatic nitrogens is 1. The molecule has 0 spiro atoms. The molecule has 1 heterocycles. The van der Waals surface area contributed by atoms with Crippen molar-refractivity contribution in [1.82, 2.24) is 4.57 Å². The number of fused-ring (bicyclic) bond motifs is 1. The lowest BCUT2D eigenvalue weighted by Crippen LogP contribution is -2.01. The first-order chi connectivity index (χ1) is 10.5. The van der Waals surface area contributed by atoms with Crippen molar-refractivity contribution in [3.8, 4) is 17.2 Å². The molecule has 0 aliphatic carbocycles. The summed E-state index contributed by atoms with van der Waals surface area (Å²) in [5.74, 6) is 0.271. The molecule has 2 N–H and O–H groups in total. The highest BCUT2D eigenvalue weighted by Crippen LogP contribution is 2.34. The van der Waals surface area contributed by atoms with Gasteiger partial charge in [-0.1, -0.05) is 18.2 Å². The lowest BCUT2D eigenvalue weighted by atomic mass is 10.2. The first kappa shape index (κ1) is 14.0. The Balaban J connectivity index is 2.10. The quantitative estimate of drug-likeness (QED) is 0.729. The van der Waals surface area contributed by atoms with Crippen LogP contribution in [0.15, 0.2) is 48.7 Å². The average molecular weight is 297 g/mol. The van der Waals surface area contributed by atoms with Crippen LogP contribution in [0.25, 0.3) is 10.9 Å². The number of ether oxygens (including phenoxy) is 1. The minimum atomic E-state index is -0.417. The van der Waals surface area contributed by atoms with Gasteiger partial charge in [-0.3, -0.25) is 4.79 Å². The summed E-state index contributed by atoms with van der Waals surface area (Å²) in [6.45, 7) is 1.77. The van der Waals surface area contributed by atoms with E-state index in [-0.39, 0.29) is 11.5 Å². The van der Waals surface area contributed by atoms with Crippen molar-refractivity contribution < 1.29 is 19.7 Å². The summed E-state index contributed by atoms with van der Waals surface area (Å²) in [6.07, 6.45) is 1.68. The molecular formula is C17H15NO4. The van der Waals surface area contributed by atoms with Crippen LogP contribution in [-0.2, 0) is 11.3 Å². The van der Waals surface area contributed by atoms with Crippen molar-refractivity contribution in [3.63, 3.8) is 0 Å². The number of aromatic hydroxyl groups is 2. The molecule has 112 valence electrons. The summed E-state index contributed by atoms with van der Waals surface area (Å²) >= 11 is 0. The summed E-state index contributed by atoms with van der Waals surface area (Å²) < 4.78 is 6.99. The van der Waals surface area contributed by atoms with Crippen LogP contribution >= 0.6 is 0 Å². The molecule has 1 aromatic heterocycles. The molecule has 5 nitrogen and oxygen atoms in total. The van der Waals surface area contributed by atoms with Crippen molar-refractivity contribution >= 4 is 16.9 Å². The van der Waals surface area contributed by atoms with E-state index in [4.69, 9.17) is 4.74 Å². The van der Waals surface area contributed by atoms with Gasteiger partial charge in [-0.2, -0.15) is 0 Å². The molecule has 0 unspecified atom stereocenters. The molecule has 0 saturated carbocycles. The molecule has 2 aromatic carbocycles. The van der Waals surface area contributed by atoms with Gasteiger partial charge in [0.2, 0.25) is 0 Å². The molecule has 0 aliphatic heterocycles. The number of hydrogen-bond acceptors (Lipinski definition) is 4. The van der Waals surface area contributed by atoms with E-state index < -0.39 is 5.97 Å². The topological polar surface area (TPSA) is 71.7 Å². The van der Waals surface area contributed by atoms with Crippen LogP contribution in [0.1, 0.15) is 12.5 Å². The molecule has 3 rings (SSSR count). The van der Waals surface area contributed by atoms with Gasteiger partial charge in [0, 0.05) is 25.1 Å². The Labute approximate surface area is 127 Å². The molecule has 0 fully saturated rings. The first-order valence-corrected chi connectivity index (χ1v) is 6.82. The highest BCUT2D eigenvalue weighted by Gasteiger charge is 2.14. The zero-order chi connectivity index (χ0) is 15.7. The van der Waals surface area contributed by atoms with E-state index in [1.807, 2.05) is 6.07 Å². The molecule has 22 heavy (non-hydrogen) atoms. The van der Waals surface area contributed by atoms with Gasteiger partial charge < -0.3 is 19.5 Å². The second-order valence-corrected chi connectivity index (χ2v) is 5.06. The number of phenols is 2. The van der Waals surface area contributed by atoms with Crippen molar-refractivity contribution in [2.45, 2.75) is 13.5 Å². The van der Waals surface area contributed by atoms with E-state index in [9.17, 15) is 15.0 Å². The van der Waals surface area contributed by atoms with Gasteiger partial charge in [0.05, 0.1) is 5.52 Å². The van der Waals surface area contributed by atoms with Gasteiger partial charge in [0.15, 0.2) is 5.75 Å². The molecule has 0 amide bonds. The third-order valence-electron chi connectivity index (χ3n) is 3.36. The maximum absolute atomic E-state index is 11.2. The molecule has 0 saturated heterocycles. The number of benzene rings is 2. The Kier molecular flexibility index (Phi) is 3.47.